The molecule has 2 aliphatic carbocycles. The molecule has 0 bridgehead atoms. The largest absolute Gasteiger partial charge is 0.143 e. The Balaban J connectivity index is 0.000000431. The third-order valence-electron chi connectivity index (χ3n) is 5.92. The molecule has 2 aliphatic rings. The minimum Gasteiger partial charge on any atom is -0.143 e. The van der Waals surface area contributed by atoms with Crippen molar-refractivity contribution >= 4 is 23.8 Å². The van der Waals surface area contributed by atoms with E-state index in [0.717, 1.165) is 17.2 Å². The molecule has 0 spiro atoms. The quantitative estimate of drug-likeness (QED) is 0.487. The Morgan fingerprint density at radius 1 is 0.828 bits per heavy atom. The van der Waals surface area contributed by atoms with Crippen LogP contribution >= 0.6 is 12.6 Å². The predicted molar refractivity (Wildman–Crippen MR) is 131 cm³/mol. The molecule has 0 unspecified atom stereocenters. The van der Waals surface area contributed by atoms with E-state index in [9.17, 15) is 0 Å². The molecule has 0 amide bonds. The number of benzene rings is 2. The minimum absolute atomic E-state index is 0.884. The van der Waals surface area contributed by atoms with Crippen LogP contribution in [0.15, 0.2) is 82.8 Å². The zero-order valence-corrected chi connectivity index (χ0v) is 19.0. The monoisotopic (exact) mass is 402 g/mol. The summed E-state index contributed by atoms with van der Waals surface area (Å²) in [4.78, 5) is 1.02. The fraction of sp³-hybridized carbons (Fsp3) is 0.357. The van der Waals surface area contributed by atoms with E-state index in [2.05, 4.69) is 100 Å². The molecule has 1 fully saturated rings. The van der Waals surface area contributed by atoms with Crippen molar-refractivity contribution in [3.8, 4) is 0 Å². The molecule has 152 valence electrons. The van der Waals surface area contributed by atoms with Crippen molar-refractivity contribution in [1.29, 1.82) is 0 Å². The van der Waals surface area contributed by atoms with Crippen LogP contribution in [0.1, 0.15) is 70.4 Å². The van der Waals surface area contributed by atoms with Gasteiger partial charge in [-0.25, -0.2) is 0 Å². The maximum absolute atomic E-state index is 4.41. The molecular formula is C28H34S. The van der Waals surface area contributed by atoms with Crippen LogP contribution in [-0.4, -0.2) is 0 Å². The van der Waals surface area contributed by atoms with E-state index in [1.54, 1.807) is 11.1 Å². The lowest BCUT2D eigenvalue weighted by Crippen LogP contribution is -2.01. The summed E-state index contributed by atoms with van der Waals surface area (Å²) in [6.07, 6.45) is 12.2. The standard InChI is InChI=1S/C23H22S.C5H12/c24-21-13-10-17(11-14-21)20-12-15-22(18-6-2-1-3-7-18)23(16-20)19-8-4-5-9-19;1-4-5(2)3/h1-3,6-7,10-15,24H,4-5,8-9,16H2;5H,4H2,1-3H3. The molecule has 0 nitrogen and oxygen atoms in total. The first-order valence-corrected chi connectivity index (χ1v) is 11.5. The molecule has 0 atom stereocenters. The summed E-state index contributed by atoms with van der Waals surface area (Å²) in [5.74, 6) is 0.884. The van der Waals surface area contributed by atoms with E-state index < -0.39 is 0 Å². The molecule has 0 aromatic heterocycles. The molecule has 0 saturated heterocycles. The Morgan fingerprint density at radius 2 is 1.45 bits per heavy atom. The van der Waals surface area contributed by atoms with Gasteiger partial charge in [-0.3, -0.25) is 0 Å². The smallest absolute Gasteiger partial charge is 0.00403 e. The van der Waals surface area contributed by atoms with E-state index in [0.29, 0.717) is 0 Å². The zero-order chi connectivity index (χ0) is 20.6. The van der Waals surface area contributed by atoms with Gasteiger partial charge in [-0.1, -0.05) is 87.4 Å². The number of hydrogen-bond acceptors (Lipinski definition) is 1. The van der Waals surface area contributed by atoms with E-state index >= 15 is 0 Å². The van der Waals surface area contributed by atoms with Crippen LogP contribution in [0.5, 0.6) is 0 Å². The summed E-state index contributed by atoms with van der Waals surface area (Å²) >= 11 is 4.41. The molecular weight excluding hydrogens is 368 g/mol. The molecule has 29 heavy (non-hydrogen) atoms. The average molecular weight is 403 g/mol. The first-order chi connectivity index (χ1) is 14.1. The summed E-state index contributed by atoms with van der Waals surface area (Å²) in [5.41, 5.74) is 8.72. The van der Waals surface area contributed by atoms with Crippen LogP contribution in [0, 0.1) is 5.92 Å². The third kappa shape index (κ3) is 6.00. The van der Waals surface area contributed by atoms with E-state index in [4.69, 9.17) is 0 Å². The summed E-state index contributed by atoms with van der Waals surface area (Å²) in [6.45, 7) is 6.64. The molecule has 4 rings (SSSR count). The maximum Gasteiger partial charge on any atom is 0.00403 e. The van der Waals surface area contributed by atoms with E-state index in [-0.39, 0.29) is 0 Å². The average Bonchev–Trinajstić information content (AvgIpc) is 3.30. The first kappa shape index (κ1) is 21.7. The maximum atomic E-state index is 4.41. The summed E-state index contributed by atoms with van der Waals surface area (Å²) in [7, 11) is 0. The van der Waals surface area contributed by atoms with Gasteiger partial charge in [0, 0.05) is 4.90 Å². The Hall–Kier alpha value is -1.99. The second-order valence-electron chi connectivity index (χ2n) is 8.45. The van der Waals surface area contributed by atoms with Crippen molar-refractivity contribution in [2.24, 2.45) is 5.92 Å². The number of hydrogen-bond donors (Lipinski definition) is 1. The molecule has 2 aromatic carbocycles. The highest BCUT2D eigenvalue weighted by Gasteiger charge is 2.20. The molecule has 0 radical (unpaired) electrons. The van der Waals surface area contributed by atoms with Gasteiger partial charge in [0.15, 0.2) is 0 Å². The second-order valence-corrected chi connectivity index (χ2v) is 8.97. The first-order valence-electron chi connectivity index (χ1n) is 11.1. The lowest BCUT2D eigenvalue weighted by Gasteiger charge is -2.22. The minimum atomic E-state index is 0.884. The van der Waals surface area contributed by atoms with Crippen molar-refractivity contribution in [1.82, 2.24) is 0 Å². The van der Waals surface area contributed by atoms with Gasteiger partial charge in [-0.05, 0) is 78.0 Å². The van der Waals surface area contributed by atoms with Crippen molar-refractivity contribution in [3.63, 3.8) is 0 Å². The van der Waals surface area contributed by atoms with Crippen LogP contribution in [0.4, 0.5) is 0 Å². The van der Waals surface area contributed by atoms with Gasteiger partial charge >= 0.3 is 0 Å². The highest BCUT2D eigenvalue weighted by atomic mass is 32.1. The Labute approximate surface area is 182 Å². The number of allylic oxidation sites excluding steroid dienone is 6. The molecule has 1 saturated carbocycles. The third-order valence-corrected chi connectivity index (χ3v) is 6.21. The number of thiol groups is 1. The van der Waals surface area contributed by atoms with Crippen LogP contribution < -0.4 is 0 Å². The Kier molecular flexibility index (Phi) is 8.00. The second kappa shape index (κ2) is 10.7. The van der Waals surface area contributed by atoms with E-state index in [1.165, 1.54) is 54.4 Å². The van der Waals surface area contributed by atoms with Gasteiger partial charge in [-0.15, -0.1) is 12.6 Å². The number of rotatable bonds is 3. The zero-order valence-electron chi connectivity index (χ0n) is 18.1. The van der Waals surface area contributed by atoms with Gasteiger partial charge in [-0.2, -0.15) is 0 Å². The Morgan fingerprint density at radius 3 is 2.03 bits per heavy atom. The van der Waals surface area contributed by atoms with Crippen molar-refractivity contribution in [3.05, 3.63) is 89.0 Å². The highest BCUT2D eigenvalue weighted by Crippen LogP contribution is 2.41. The van der Waals surface area contributed by atoms with Gasteiger partial charge in [0.2, 0.25) is 0 Å². The van der Waals surface area contributed by atoms with Crippen molar-refractivity contribution in [2.45, 2.75) is 64.2 Å². The SMILES string of the molecule is CCC(C)C.Sc1ccc(C2=CC=C(c3ccccc3)C(=C3CCCC3)C2)cc1. The molecule has 0 aliphatic heterocycles. The summed E-state index contributed by atoms with van der Waals surface area (Å²) in [6, 6.07) is 19.4. The van der Waals surface area contributed by atoms with Gasteiger partial charge in [0.1, 0.15) is 0 Å². The van der Waals surface area contributed by atoms with Crippen LogP contribution in [0.3, 0.4) is 0 Å². The Bertz CT molecular complexity index is 872. The molecule has 2 aromatic rings. The predicted octanol–water partition coefficient (Wildman–Crippen LogP) is 8.77. The van der Waals surface area contributed by atoms with Crippen LogP contribution in [0.25, 0.3) is 11.1 Å². The fourth-order valence-electron chi connectivity index (χ4n) is 3.81. The van der Waals surface area contributed by atoms with Crippen LogP contribution in [0.2, 0.25) is 0 Å². The lowest BCUT2D eigenvalue weighted by atomic mass is 9.83. The lowest BCUT2D eigenvalue weighted by molar-refractivity contribution is 0.626. The van der Waals surface area contributed by atoms with Gasteiger partial charge in [0.05, 0.1) is 0 Å². The summed E-state index contributed by atoms with van der Waals surface area (Å²) < 4.78 is 0. The van der Waals surface area contributed by atoms with E-state index in [1.807, 2.05) is 0 Å². The fourth-order valence-corrected chi connectivity index (χ4v) is 3.96. The van der Waals surface area contributed by atoms with Crippen molar-refractivity contribution in [2.75, 3.05) is 0 Å². The molecule has 0 N–H and O–H groups in total. The van der Waals surface area contributed by atoms with Gasteiger partial charge < -0.3 is 0 Å². The summed E-state index contributed by atoms with van der Waals surface area (Å²) in [5, 5.41) is 0. The molecule has 1 heteroatoms. The highest BCUT2D eigenvalue weighted by molar-refractivity contribution is 7.80. The topological polar surface area (TPSA) is 0 Å². The van der Waals surface area contributed by atoms with Gasteiger partial charge in [0.25, 0.3) is 0 Å². The van der Waals surface area contributed by atoms with Crippen molar-refractivity contribution < 1.29 is 0 Å². The normalized spacial score (nSPS) is 16.3. The molecule has 0 heterocycles. The van der Waals surface area contributed by atoms with Crippen LogP contribution in [-0.2, 0) is 0 Å².